The molecule has 0 bridgehead atoms. The van der Waals surface area contributed by atoms with Gasteiger partial charge in [0.25, 0.3) is 0 Å². The summed E-state index contributed by atoms with van der Waals surface area (Å²) in [5.41, 5.74) is 1.65. The van der Waals surface area contributed by atoms with Crippen molar-refractivity contribution in [3.63, 3.8) is 0 Å². The topological polar surface area (TPSA) is 72.9 Å². The zero-order valence-corrected chi connectivity index (χ0v) is 15.3. The van der Waals surface area contributed by atoms with Gasteiger partial charge in [-0.25, -0.2) is 9.59 Å². The quantitative estimate of drug-likeness (QED) is 0.420. The van der Waals surface area contributed by atoms with Crippen molar-refractivity contribution >= 4 is 23.5 Å². The molecule has 6 nitrogen and oxygen atoms in total. The summed E-state index contributed by atoms with van der Waals surface area (Å²) in [6.07, 6.45) is 0.914. The molecule has 0 aromatic heterocycles. The Morgan fingerprint density at radius 3 is 2.33 bits per heavy atom. The first kappa shape index (κ1) is 19.9. The Balaban J connectivity index is 2.32. The Morgan fingerprint density at radius 2 is 1.74 bits per heavy atom. The van der Waals surface area contributed by atoms with Crippen molar-refractivity contribution in [1.29, 1.82) is 0 Å². The number of carbonyl (C=O) groups excluding carboxylic acids is 3. The van der Waals surface area contributed by atoms with E-state index in [0.717, 1.165) is 5.56 Å². The Hall–Kier alpha value is -3.41. The van der Waals surface area contributed by atoms with Gasteiger partial charge in [0, 0.05) is 17.8 Å². The third kappa shape index (κ3) is 5.28. The molecule has 140 valence electrons. The fraction of sp³-hybridized carbons (Fsp3) is 0.190. The zero-order chi connectivity index (χ0) is 19.8. The van der Waals surface area contributed by atoms with Gasteiger partial charge in [-0.3, -0.25) is 9.69 Å². The number of rotatable bonds is 7. The molecule has 0 heterocycles. The number of methoxy groups -OCH3 is 1. The van der Waals surface area contributed by atoms with Crippen molar-refractivity contribution in [1.82, 2.24) is 0 Å². The fourth-order valence-corrected chi connectivity index (χ4v) is 2.42. The zero-order valence-electron chi connectivity index (χ0n) is 15.3. The molecule has 2 aromatic carbocycles. The van der Waals surface area contributed by atoms with Crippen LogP contribution in [0.1, 0.15) is 33.2 Å². The summed E-state index contributed by atoms with van der Waals surface area (Å²) in [6.45, 7) is 5.28. The average molecular weight is 367 g/mol. The summed E-state index contributed by atoms with van der Waals surface area (Å²) in [7, 11) is 1.25. The Labute approximate surface area is 158 Å². The van der Waals surface area contributed by atoms with Crippen molar-refractivity contribution in [2.24, 2.45) is 0 Å². The number of ketones is 1. The van der Waals surface area contributed by atoms with Gasteiger partial charge >= 0.3 is 12.1 Å². The smallest absolute Gasteiger partial charge is 0.414 e. The summed E-state index contributed by atoms with van der Waals surface area (Å²) in [4.78, 5) is 37.6. The molecule has 0 atom stereocenters. The van der Waals surface area contributed by atoms with Gasteiger partial charge in [-0.2, -0.15) is 0 Å². The van der Waals surface area contributed by atoms with Crippen LogP contribution >= 0.6 is 0 Å². The van der Waals surface area contributed by atoms with Crippen LogP contribution in [-0.2, 0) is 16.1 Å². The van der Waals surface area contributed by atoms with Crippen LogP contribution in [0.3, 0.4) is 0 Å². The third-order valence-corrected chi connectivity index (χ3v) is 3.79. The molecule has 0 saturated heterocycles. The molecule has 0 aliphatic carbocycles. The number of esters is 1. The van der Waals surface area contributed by atoms with E-state index in [-0.39, 0.29) is 30.1 Å². The summed E-state index contributed by atoms with van der Waals surface area (Å²) >= 11 is 0. The molecule has 2 rings (SSSR count). The number of nitrogens with zero attached hydrogens (tertiary/aromatic N) is 1. The van der Waals surface area contributed by atoms with E-state index in [9.17, 15) is 14.4 Å². The highest BCUT2D eigenvalue weighted by Gasteiger charge is 2.20. The van der Waals surface area contributed by atoms with Crippen LogP contribution in [0.15, 0.2) is 61.2 Å². The van der Waals surface area contributed by atoms with Crippen LogP contribution in [0, 0.1) is 0 Å². The molecule has 6 heteroatoms. The van der Waals surface area contributed by atoms with E-state index >= 15 is 0 Å². The molecular weight excluding hydrogens is 346 g/mol. The van der Waals surface area contributed by atoms with Crippen LogP contribution in [0.25, 0.3) is 0 Å². The van der Waals surface area contributed by atoms with Crippen molar-refractivity contribution in [3.8, 4) is 0 Å². The first-order valence-electron chi connectivity index (χ1n) is 8.29. The standard InChI is InChI=1S/C21H21NO5/c1-4-10-22(21(25)27-14-16-8-6-5-7-9-16)19-12-17(15(2)23)11-18(13-19)20(24)26-3/h4-9,11-13H,1,10,14H2,2-3H3. The van der Waals surface area contributed by atoms with E-state index in [1.54, 1.807) is 0 Å². The van der Waals surface area contributed by atoms with Gasteiger partial charge in [0.15, 0.2) is 5.78 Å². The van der Waals surface area contributed by atoms with Crippen molar-refractivity contribution < 1.29 is 23.9 Å². The van der Waals surface area contributed by atoms with Gasteiger partial charge in [-0.1, -0.05) is 36.4 Å². The van der Waals surface area contributed by atoms with E-state index in [2.05, 4.69) is 6.58 Å². The lowest BCUT2D eigenvalue weighted by Crippen LogP contribution is -2.32. The molecule has 27 heavy (non-hydrogen) atoms. The van der Waals surface area contributed by atoms with Gasteiger partial charge in [0.2, 0.25) is 0 Å². The number of benzene rings is 2. The Bertz CT molecular complexity index is 845. The normalized spacial score (nSPS) is 10.0. The number of hydrogen-bond donors (Lipinski definition) is 0. The number of anilines is 1. The maximum Gasteiger partial charge on any atom is 0.414 e. The monoisotopic (exact) mass is 367 g/mol. The van der Waals surface area contributed by atoms with E-state index in [4.69, 9.17) is 9.47 Å². The molecule has 0 fully saturated rings. The molecule has 0 radical (unpaired) electrons. The van der Waals surface area contributed by atoms with Gasteiger partial charge in [-0.05, 0) is 30.7 Å². The maximum absolute atomic E-state index is 12.6. The first-order valence-corrected chi connectivity index (χ1v) is 8.29. The van der Waals surface area contributed by atoms with Crippen LogP contribution in [-0.4, -0.2) is 31.5 Å². The Kier molecular flexibility index (Phi) is 6.88. The minimum Gasteiger partial charge on any atom is -0.465 e. The second-order valence-corrected chi connectivity index (χ2v) is 5.76. The second kappa shape index (κ2) is 9.33. The van der Waals surface area contributed by atoms with Crippen LogP contribution < -0.4 is 4.90 Å². The fourth-order valence-electron chi connectivity index (χ4n) is 2.42. The predicted octanol–water partition coefficient (Wildman–Crippen LogP) is 4.01. The number of amides is 1. The summed E-state index contributed by atoms with van der Waals surface area (Å²) in [5.74, 6) is -0.839. The average Bonchev–Trinajstić information content (AvgIpc) is 2.69. The summed E-state index contributed by atoms with van der Waals surface area (Å²) in [5, 5.41) is 0. The summed E-state index contributed by atoms with van der Waals surface area (Å²) < 4.78 is 10.1. The largest absolute Gasteiger partial charge is 0.465 e. The minimum absolute atomic E-state index is 0.101. The van der Waals surface area contributed by atoms with Gasteiger partial charge < -0.3 is 9.47 Å². The molecule has 0 spiro atoms. The van der Waals surface area contributed by atoms with Crippen LogP contribution in [0.4, 0.5) is 10.5 Å². The predicted molar refractivity (Wildman–Crippen MR) is 102 cm³/mol. The molecule has 2 aromatic rings. The van der Waals surface area contributed by atoms with Crippen molar-refractivity contribution in [2.45, 2.75) is 13.5 Å². The highest BCUT2D eigenvalue weighted by Crippen LogP contribution is 2.22. The maximum atomic E-state index is 12.6. The molecule has 0 aliphatic heterocycles. The van der Waals surface area contributed by atoms with Crippen LogP contribution in [0.2, 0.25) is 0 Å². The molecule has 0 unspecified atom stereocenters. The summed E-state index contributed by atoms with van der Waals surface area (Å²) in [6, 6.07) is 13.7. The lowest BCUT2D eigenvalue weighted by atomic mass is 10.1. The highest BCUT2D eigenvalue weighted by molar-refractivity contribution is 6.01. The van der Waals surface area contributed by atoms with E-state index in [0.29, 0.717) is 5.69 Å². The number of carbonyl (C=O) groups is 3. The second-order valence-electron chi connectivity index (χ2n) is 5.76. The molecular formula is C21H21NO5. The van der Waals surface area contributed by atoms with E-state index in [1.165, 1.54) is 43.2 Å². The SMILES string of the molecule is C=CCN(C(=O)OCc1ccccc1)c1cc(C(C)=O)cc(C(=O)OC)c1. The molecule has 0 aliphatic rings. The van der Waals surface area contributed by atoms with Crippen molar-refractivity contribution in [2.75, 3.05) is 18.6 Å². The number of hydrogen-bond acceptors (Lipinski definition) is 5. The van der Waals surface area contributed by atoms with Gasteiger partial charge in [-0.15, -0.1) is 6.58 Å². The van der Waals surface area contributed by atoms with Crippen molar-refractivity contribution in [3.05, 3.63) is 77.9 Å². The highest BCUT2D eigenvalue weighted by atomic mass is 16.6. The van der Waals surface area contributed by atoms with Crippen LogP contribution in [0.5, 0.6) is 0 Å². The first-order chi connectivity index (χ1) is 13.0. The lowest BCUT2D eigenvalue weighted by Gasteiger charge is -2.22. The lowest BCUT2D eigenvalue weighted by molar-refractivity contribution is 0.0600. The van der Waals surface area contributed by atoms with E-state index < -0.39 is 12.1 Å². The van der Waals surface area contributed by atoms with Gasteiger partial charge in [0.1, 0.15) is 6.61 Å². The third-order valence-electron chi connectivity index (χ3n) is 3.79. The molecule has 1 amide bonds. The number of ether oxygens (including phenoxy) is 2. The van der Waals surface area contributed by atoms with E-state index in [1.807, 2.05) is 30.3 Å². The Morgan fingerprint density at radius 1 is 1.07 bits per heavy atom. The number of Topliss-reactive ketones (excluding diaryl/α,β-unsaturated/α-hetero) is 1. The molecule has 0 saturated carbocycles. The molecule has 0 N–H and O–H groups in total. The van der Waals surface area contributed by atoms with Gasteiger partial charge in [0.05, 0.1) is 12.7 Å². The minimum atomic E-state index is -0.615.